The first kappa shape index (κ1) is 11.8. The fourth-order valence-electron chi connectivity index (χ4n) is 1.79. The van der Waals surface area contributed by atoms with E-state index in [0.29, 0.717) is 0 Å². The molecule has 1 fully saturated rings. The third-order valence-electron chi connectivity index (χ3n) is 2.80. The van der Waals surface area contributed by atoms with E-state index in [1.54, 1.807) is 0 Å². The molecule has 2 aliphatic rings. The van der Waals surface area contributed by atoms with Crippen LogP contribution in [0.1, 0.15) is 13.8 Å². The van der Waals surface area contributed by atoms with E-state index in [0.717, 1.165) is 0 Å². The Hall–Kier alpha value is -0.720. The molecule has 16 heavy (non-hydrogen) atoms. The highest BCUT2D eigenvalue weighted by Crippen LogP contribution is 2.44. The Kier molecular flexibility index (Phi) is 2.49. The highest BCUT2D eigenvalue weighted by atomic mass is 79.9. The van der Waals surface area contributed by atoms with Gasteiger partial charge in [0.05, 0.1) is 0 Å². The molecule has 0 unspecified atom stereocenters. The molecule has 1 heterocycles. The van der Waals surface area contributed by atoms with Gasteiger partial charge < -0.3 is 14.6 Å². The normalized spacial score (nSPS) is 47.5. The summed E-state index contributed by atoms with van der Waals surface area (Å²) in [5.74, 6) is -2.57. The van der Waals surface area contributed by atoms with Gasteiger partial charge in [0, 0.05) is 0 Å². The number of hydrogen-bond donors (Lipinski definition) is 1. The van der Waals surface area contributed by atoms with E-state index in [9.17, 15) is 14.7 Å². The van der Waals surface area contributed by atoms with Crippen LogP contribution >= 0.6 is 15.9 Å². The van der Waals surface area contributed by atoms with E-state index in [1.165, 1.54) is 26.0 Å². The Morgan fingerprint density at radius 1 is 1.50 bits per heavy atom. The molecule has 1 aliphatic carbocycles. The van der Waals surface area contributed by atoms with Gasteiger partial charge in [-0.3, -0.25) is 4.79 Å². The fourth-order valence-corrected chi connectivity index (χ4v) is 2.61. The minimum absolute atomic E-state index is 0.312. The number of alkyl halides is 1. The van der Waals surface area contributed by atoms with Crippen molar-refractivity contribution in [3.8, 4) is 0 Å². The average Bonchev–Trinajstić information content (AvgIpc) is 2.50. The summed E-state index contributed by atoms with van der Waals surface area (Å²) in [6, 6.07) is 0. The van der Waals surface area contributed by atoms with E-state index in [-0.39, 0.29) is 5.78 Å². The van der Waals surface area contributed by atoms with Crippen LogP contribution in [-0.2, 0) is 19.1 Å². The van der Waals surface area contributed by atoms with Crippen molar-refractivity contribution in [2.75, 3.05) is 0 Å². The topological polar surface area (TPSA) is 72.8 Å². The summed E-state index contributed by atoms with van der Waals surface area (Å²) in [4.78, 5) is 22.0. The number of ketones is 1. The van der Waals surface area contributed by atoms with Crippen LogP contribution in [0.2, 0.25) is 0 Å². The third kappa shape index (κ3) is 1.37. The number of allylic oxidation sites excluding steroid dienone is 1. The maximum Gasteiger partial charge on any atom is 0.337 e. The van der Waals surface area contributed by atoms with Gasteiger partial charge in [-0.25, -0.2) is 4.79 Å². The first-order valence-corrected chi connectivity index (χ1v) is 5.72. The lowest BCUT2D eigenvalue weighted by Crippen LogP contribution is -2.62. The molecular formula is C10H11BrO5. The Balaban J connectivity index is 2.49. The second-order valence-corrected chi connectivity index (χ2v) is 5.01. The Labute approximate surface area is 101 Å². The van der Waals surface area contributed by atoms with Crippen LogP contribution in [0.3, 0.4) is 0 Å². The highest BCUT2D eigenvalue weighted by molar-refractivity contribution is 9.10. The fraction of sp³-hybridized carbons (Fsp3) is 0.600. The van der Waals surface area contributed by atoms with E-state index in [1.807, 2.05) is 0 Å². The van der Waals surface area contributed by atoms with Crippen molar-refractivity contribution >= 4 is 27.7 Å². The van der Waals surface area contributed by atoms with Gasteiger partial charge in [-0.2, -0.15) is 0 Å². The zero-order valence-corrected chi connectivity index (χ0v) is 10.4. The van der Waals surface area contributed by atoms with Gasteiger partial charge in [-0.05, 0) is 26.0 Å². The van der Waals surface area contributed by atoms with Gasteiger partial charge in [0.1, 0.15) is 10.4 Å². The number of carbonyl (C=O) groups is 2. The van der Waals surface area contributed by atoms with E-state index in [4.69, 9.17) is 9.47 Å². The lowest BCUT2D eigenvalue weighted by atomic mass is 9.85. The number of ether oxygens (including phenoxy) is 2. The van der Waals surface area contributed by atoms with Gasteiger partial charge in [-0.1, -0.05) is 15.9 Å². The standard InChI is InChI=1S/C10H11BrO5/c1-5-8(13)16-10(15-5)7(11)6(12)3-4-9(10,2)14/h3-5,7,14H,1-2H3/t5-,7+,9+,10+/m1/s1. The molecular weight excluding hydrogens is 280 g/mol. The minimum atomic E-state index is -1.67. The number of halogens is 1. The van der Waals surface area contributed by atoms with Crippen LogP contribution in [0.15, 0.2) is 12.2 Å². The molecule has 1 aliphatic heterocycles. The number of esters is 1. The Morgan fingerprint density at radius 2 is 2.12 bits per heavy atom. The molecule has 1 spiro atoms. The molecule has 0 aromatic rings. The zero-order chi connectivity index (χ0) is 12.1. The molecule has 0 saturated carbocycles. The molecule has 6 heteroatoms. The monoisotopic (exact) mass is 290 g/mol. The first-order chi connectivity index (χ1) is 7.30. The highest BCUT2D eigenvalue weighted by Gasteiger charge is 2.64. The molecule has 1 N–H and O–H groups in total. The molecule has 88 valence electrons. The first-order valence-electron chi connectivity index (χ1n) is 4.80. The maximum atomic E-state index is 11.5. The van der Waals surface area contributed by atoms with Crippen LogP contribution < -0.4 is 0 Å². The Bertz CT molecular complexity index is 389. The van der Waals surface area contributed by atoms with Crippen LogP contribution in [0.5, 0.6) is 0 Å². The van der Waals surface area contributed by atoms with Crippen molar-refractivity contribution in [2.45, 2.75) is 36.2 Å². The summed E-state index contributed by atoms with van der Waals surface area (Å²) >= 11 is 3.11. The zero-order valence-electron chi connectivity index (χ0n) is 8.77. The van der Waals surface area contributed by atoms with Crippen LogP contribution in [-0.4, -0.2) is 39.2 Å². The third-order valence-corrected chi connectivity index (χ3v) is 3.85. The van der Waals surface area contributed by atoms with Gasteiger partial charge in [-0.15, -0.1) is 0 Å². The summed E-state index contributed by atoms with van der Waals surface area (Å²) in [7, 11) is 0. The summed E-state index contributed by atoms with van der Waals surface area (Å²) in [5.41, 5.74) is -1.55. The predicted molar refractivity (Wildman–Crippen MR) is 56.9 cm³/mol. The quantitative estimate of drug-likeness (QED) is 0.513. The van der Waals surface area contributed by atoms with Crippen molar-refractivity contribution in [1.82, 2.24) is 0 Å². The van der Waals surface area contributed by atoms with E-state index >= 15 is 0 Å². The van der Waals surface area contributed by atoms with Crippen molar-refractivity contribution in [3.05, 3.63) is 12.2 Å². The summed E-state index contributed by atoms with van der Waals surface area (Å²) in [5, 5.41) is 10.2. The Morgan fingerprint density at radius 3 is 2.62 bits per heavy atom. The lowest BCUT2D eigenvalue weighted by Gasteiger charge is -2.42. The lowest BCUT2D eigenvalue weighted by molar-refractivity contribution is -0.247. The number of hydrogen-bond acceptors (Lipinski definition) is 5. The molecule has 0 aromatic heterocycles. The van der Waals surface area contributed by atoms with Gasteiger partial charge in [0.15, 0.2) is 11.9 Å². The van der Waals surface area contributed by atoms with E-state index < -0.39 is 28.3 Å². The molecule has 4 atom stereocenters. The molecule has 0 bridgehead atoms. The number of aliphatic hydroxyl groups is 1. The van der Waals surface area contributed by atoms with Gasteiger partial charge in [0.25, 0.3) is 5.79 Å². The van der Waals surface area contributed by atoms with Crippen molar-refractivity contribution in [2.24, 2.45) is 0 Å². The number of rotatable bonds is 0. The SMILES string of the molecule is C[C@H]1O[C@]2(OC1=O)[C@@H](Br)C(=O)C=C[C@]2(C)O. The predicted octanol–water partition coefficient (Wildman–Crippen LogP) is 0.298. The van der Waals surface area contributed by atoms with Gasteiger partial charge in [0.2, 0.25) is 0 Å². The largest absolute Gasteiger partial charge is 0.426 e. The molecule has 0 radical (unpaired) electrons. The smallest absolute Gasteiger partial charge is 0.337 e. The van der Waals surface area contributed by atoms with E-state index in [2.05, 4.69) is 15.9 Å². The van der Waals surface area contributed by atoms with Crippen molar-refractivity contribution in [1.29, 1.82) is 0 Å². The molecule has 5 nitrogen and oxygen atoms in total. The van der Waals surface area contributed by atoms with Crippen molar-refractivity contribution < 1.29 is 24.2 Å². The van der Waals surface area contributed by atoms with Crippen LogP contribution in [0, 0.1) is 0 Å². The van der Waals surface area contributed by atoms with Crippen molar-refractivity contribution in [3.63, 3.8) is 0 Å². The summed E-state index contributed by atoms with van der Waals surface area (Å²) < 4.78 is 10.4. The number of carbonyl (C=O) groups excluding carboxylic acids is 2. The van der Waals surface area contributed by atoms with Gasteiger partial charge >= 0.3 is 5.97 Å². The molecule has 2 rings (SSSR count). The summed E-state index contributed by atoms with van der Waals surface area (Å²) in [6.45, 7) is 2.94. The van der Waals surface area contributed by atoms with Crippen LogP contribution in [0.25, 0.3) is 0 Å². The summed E-state index contributed by atoms with van der Waals surface area (Å²) in [6.07, 6.45) is 1.72. The molecule has 0 aromatic carbocycles. The average molecular weight is 291 g/mol. The maximum absolute atomic E-state index is 11.5. The minimum Gasteiger partial charge on any atom is -0.426 e. The molecule has 0 amide bonds. The second kappa shape index (κ2) is 3.38. The second-order valence-electron chi connectivity index (χ2n) is 4.09. The molecule has 1 saturated heterocycles. The van der Waals surface area contributed by atoms with Crippen LogP contribution in [0.4, 0.5) is 0 Å².